The summed E-state index contributed by atoms with van der Waals surface area (Å²) < 4.78 is 0. The topological polar surface area (TPSA) is 0 Å². The molecule has 0 spiro atoms. The average Bonchev–Trinajstić information content (AvgIpc) is 0. The average molecular weight is 396 g/mol. The molecule has 0 aromatic heterocycles. The van der Waals surface area contributed by atoms with Crippen molar-refractivity contribution < 1.29 is 134 Å². The first-order valence-corrected chi connectivity index (χ1v) is 0. The first-order chi connectivity index (χ1) is 0. The molecule has 0 atom stereocenters. The van der Waals surface area contributed by atoms with Gasteiger partial charge in [0.25, 0.3) is 0 Å². The molecule has 0 amide bonds. The van der Waals surface area contributed by atoms with Gasteiger partial charge in [-0.2, -0.15) is 0 Å². The predicted octanol–water partition coefficient (Wildman–Crippen LogP) is -0.0125. The molecule has 0 fully saturated rings. The van der Waals surface area contributed by atoms with Crippen LogP contribution >= 0.6 is 0 Å². The van der Waals surface area contributed by atoms with E-state index < -0.39 is 0 Å². The molecule has 0 heterocycles. The third kappa shape index (κ3) is 23.9. The zero-order chi connectivity index (χ0) is 0. The molecular weight excluding hydrogens is 396 g/mol. The summed E-state index contributed by atoms with van der Waals surface area (Å²) in [5, 5.41) is 0. The third-order valence-electron chi connectivity index (χ3n) is 0. The minimum Gasteiger partial charge on any atom is 0 e. The van der Waals surface area contributed by atoms with Gasteiger partial charge >= 0.3 is 0 Å². The molecular formula is PrV5. The maximum absolute atomic E-state index is 0. The van der Waals surface area contributed by atoms with Crippen molar-refractivity contribution in [3.05, 3.63) is 0 Å². The molecule has 6 heavy (non-hydrogen) atoms. The minimum absolute atomic E-state index is 0. The molecule has 0 saturated carbocycles. The summed E-state index contributed by atoms with van der Waals surface area (Å²) >= 11 is 0. The first-order valence-electron chi connectivity index (χ1n) is 0. The largest absolute Gasteiger partial charge is 0 e. The second kappa shape index (κ2) is 34.7. The van der Waals surface area contributed by atoms with Crippen molar-refractivity contribution in [2.24, 2.45) is 0 Å². The van der Waals surface area contributed by atoms with E-state index >= 15 is 0 Å². The summed E-state index contributed by atoms with van der Waals surface area (Å²) in [6.07, 6.45) is 0. The number of hydrogen-bond donors (Lipinski definition) is 0. The smallest absolute Gasteiger partial charge is 0 e. The molecule has 0 aromatic carbocycles. The van der Waals surface area contributed by atoms with Gasteiger partial charge in [0.1, 0.15) is 0 Å². The van der Waals surface area contributed by atoms with Gasteiger partial charge in [-0.3, -0.25) is 0 Å². The van der Waals surface area contributed by atoms with E-state index in [0.29, 0.717) is 0 Å². The molecule has 0 rings (SSSR count). The van der Waals surface area contributed by atoms with Gasteiger partial charge in [0.05, 0.1) is 0 Å². The minimum atomic E-state index is 0. The Labute approximate surface area is 131 Å². The van der Waals surface area contributed by atoms with Crippen LogP contribution in [-0.4, -0.2) is 0 Å². The Hall–Kier alpha value is 4.29. The standard InChI is InChI=1S/Pr.5V. The molecule has 0 N–H and O–H groups in total. The van der Waals surface area contributed by atoms with Crippen LogP contribution < -0.4 is 0 Å². The van der Waals surface area contributed by atoms with Crippen molar-refractivity contribution in [1.29, 1.82) is 0 Å². The van der Waals surface area contributed by atoms with Crippen molar-refractivity contribution in [3.8, 4) is 0 Å². The molecule has 6 radical (unpaired) electrons. The second-order valence-electron chi connectivity index (χ2n) is 0. The van der Waals surface area contributed by atoms with Crippen LogP contribution in [0.5, 0.6) is 0 Å². The van der Waals surface area contributed by atoms with Crippen LogP contribution in [0.25, 0.3) is 0 Å². The van der Waals surface area contributed by atoms with Crippen LogP contribution in [0.3, 0.4) is 0 Å². The van der Waals surface area contributed by atoms with Gasteiger partial charge in [0.15, 0.2) is 0 Å². The summed E-state index contributed by atoms with van der Waals surface area (Å²) in [7, 11) is 0. The van der Waals surface area contributed by atoms with Gasteiger partial charge in [-0.15, -0.1) is 0 Å². The summed E-state index contributed by atoms with van der Waals surface area (Å²) in [5.41, 5.74) is 0. The van der Waals surface area contributed by atoms with Gasteiger partial charge in [-0.05, 0) is 0 Å². The molecule has 0 aromatic rings. The molecule has 0 aliphatic rings. The van der Waals surface area contributed by atoms with Gasteiger partial charge in [0.2, 0.25) is 0 Å². The van der Waals surface area contributed by atoms with Crippen molar-refractivity contribution in [1.82, 2.24) is 0 Å². The van der Waals surface area contributed by atoms with Crippen molar-refractivity contribution in [3.63, 3.8) is 0 Å². The van der Waals surface area contributed by atoms with E-state index in [2.05, 4.69) is 0 Å². The fourth-order valence-electron chi connectivity index (χ4n) is 0. The van der Waals surface area contributed by atoms with Crippen molar-refractivity contribution >= 4 is 0 Å². The first kappa shape index (κ1) is 48.3. The predicted molar refractivity (Wildman–Crippen MR) is 0 cm³/mol. The molecule has 0 saturated heterocycles. The van der Waals surface area contributed by atoms with Gasteiger partial charge in [-0.25, -0.2) is 0 Å². The number of rotatable bonds is 0. The van der Waals surface area contributed by atoms with E-state index in [-0.39, 0.29) is 134 Å². The molecule has 0 aliphatic heterocycles. The fraction of sp³-hybridized carbons (Fsp3) is 0. The monoisotopic (exact) mass is 396 g/mol. The molecule has 0 aliphatic carbocycles. The van der Waals surface area contributed by atoms with E-state index in [4.69, 9.17) is 0 Å². The summed E-state index contributed by atoms with van der Waals surface area (Å²) in [5.74, 6) is 0. The quantitative estimate of drug-likeness (QED) is 0.541. The summed E-state index contributed by atoms with van der Waals surface area (Å²) in [4.78, 5) is 0. The van der Waals surface area contributed by atoms with E-state index in [9.17, 15) is 0 Å². The summed E-state index contributed by atoms with van der Waals surface area (Å²) in [6, 6.07) is 0. The Morgan fingerprint density at radius 2 is 0.333 bits per heavy atom. The zero-order valence-electron chi connectivity index (χ0n) is 2.81. The van der Waals surface area contributed by atoms with E-state index in [1.165, 1.54) is 0 Å². The summed E-state index contributed by atoms with van der Waals surface area (Å²) in [6.45, 7) is 0. The molecule has 0 bridgehead atoms. The fourth-order valence-corrected chi connectivity index (χ4v) is 0. The van der Waals surface area contributed by atoms with Crippen LogP contribution in [0.2, 0.25) is 0 Å². The molecule has 28 valence electrons. The maximum atomic E-state index is 0. The Morgan fingerprint density at radius 3 is 0.333 bits per heavy atom. The Bertz CT molecular complexity index is 3.90. The van der Waals surface area contributed by atoms with Crippen LogP contribution in [0.4, 0.5) is 0 Å². The Kier molecular flexibility index (Phi) is 279. The maximum Gasteiger partial charge on any atom is 0 e. The Morgan fingerprint density at radius 1 is 0.333 bits per heavy atom. The van der Waals surface area contributed by atoms with Crippen LogP contribution in [0.15, 0.2) is 0 Å². The van der Waals surface area contributed by atoms with Crippen molar-refractivity contribution in [2.75, 3.05) is 0 Å². The van der Waals surface area contributed by atoms with Crippen LogP contribution in [0, 0.1) is 41.3 Å². The van der Waals surface area contributed by atoms with E-state index in [1.807, 2.05) is 0 Å². The molecule has 0 unspecified atom stereocenters. The SMILES string of the molecule is [Pr].[V].[V].[V].[V].[V]. The van der Waals surface area contributed by atoms with Crippen LogP contribution in [0.1, 0.15) is 0 Å². The third-order valence-corrected chi connectivity index (χ3v) is 0. The van der Waals surface area contributed by atoms with Gasteiger partial charge in [-0.1, -0.05) is 0 Å². The van der Waals surface area contributed by atoms with Crippen LogP contribution in [-0.2, 0) is 92.8 Å². The van der Waals surface area contributed by atoms with Gasteiger partial charge in [0, 0.05) is 134 Å². The molecule has 6 heteroatoms. The zero-order valence-corrected chi connectivity index (χ0v) is 13.5. The molecule has 0 nitrogen and oxygen atoms in total. The van der Waals surface area contributed by atoms with Crippen molar-refractivity contribution in [2.45, 2.75) is 0 Å². The van der Waals surface area contributed by atoms with E-state index in [0.717, 1.165) is 0 Å². The normalized spacial score (nSPS) is 0. The van der Waals surface area contributed by atoms with Gasteiger partial charge < -0.3 is 0 Å². The van der Waals surface area contributed by atoms with E-state index in [1.54, 1.807) is 0 Å². The Balaban J connectivity index is 0. The number of hydrogen-bond acceptors (Lipinski definition) is 0. The second-order valence-corrected chi connectivity index (χ2v) is 0.